The van der Waals surface area contributed by atoms with Crippen LogP contribution < -0.4 is 4.74 Å². The molecule has 0 bridgehead atoms. The number of nitrogens with zero attached hydrogens (tertiary/aromatic N) is 4. The molecule has 3 aliphatic rings. The van der Waals surface area contributed by atoms with E-state index < -0.39 is 0 Å². The van der Waals surface area contributed by atoms with Gasteiger partial charge in [0.15, 0.2) is 0 Å². The van der Waals surface area contributed by atoms with Gasteiger partial charge in [0.05, 0.1) is 47.7 Å². The van der Waals surface area contributed by atoms with Crippen LogP contribution in [0.1, 0.15) is 51.8 Å². The van der Waals surface area contributed by atoms with Crippen molar-refractivity contribution in [1.29, 1.82) is 0 Å². The summed E-state index contributed by atoms with van der Waals surface area (Å²) >= 11 is 1.56. The van der Waals surface area contributed by atoms with E-state index in [0.29, 0.717) is 24.9 Å². The number of methoxy groups -OCH3 is 1. The number of carbonyl (C=O) groups excluding carboxylic acids is 1. The fourth-order valence-electron chi connectivity index (χ4n) is 6.25. The molecule has 10 heteroatoms. The van der Waals surface area contributed by atoms with Crippen LogP contribution >= 0.6 is 11.3 Å². The van der Waals surface area contributed by atoms with Crippen molar-refractivity contribution >= 4 is 28.1 Å². The van der Waals surface area contributed by atoms with E-state index in [9.17, 15) is 4.79 Å². The summed E-state index contributed by atoms with van der Waals surface area (Å²) in [4.78, 5) is 33.4. The number of rotatable bonds is 7. The number of amides is 1. The maximum Gasteiger partial charge on any atom is 0.264 e. The van der Waals surface area contributed by atoms with Crippen molar-refractivity contribution in [3.8, 4) is 17.1 Å². The minimum atomic E-state index is -0.208. The average molecular weight is 574 g/mol. The molecule has 3 aliphatic heterocycles. The smallest absolute Gasteiger partial charge is 0.264 e. The minimum absolute atomic E-state index is 0.0519. The molecular weight excluding hydrogens is 538 g/mol. The van der Waals surface area contributed by atoms with Crippen molar-refractivity contribution < 1.29 is 19.0 Å². The van der Waals surface area contributed by atoms with E-state index in [1.54, 1.807) is 18.4 Å². The number of aromatic amines is 1. The first-order chi connectivity index (χ1) is 20.2. The SMILES string of the molecule is COc1nc2ccccc2cc1-c1cnc(C2CN(CC3CCOC3)CCN2C(=O)c2ccc(C3CCCO3)s2)[nH]1. The van der Waals surface area contributed by atoms with Crippen molar-refractivity contribution in [3.05, 3.63) is 64.2 Å². The fourth-order valence-corrected chi connectivity index (χ4v) is 7.30. The van der Waals surface area contributed by atoms with Gasteiger partial charge in [-0.2, -0.15) is 0 Å². The molecule has 1 N–H and O–H groups in total. The molecule has 4 aromatic rings. The van der Waals surface area contributed by atoms with Crippen molar-refractivity contribution in [2.24, 2.45) is 5.92 Å². The van der Waals surface area contributed by atoms with Gasteiger partial charge in [0.25, 0.3) is 5.91 Å². The summed E-state index contributed by atoms with van der Waals surface area (Å²) in [6.45, 7) is 5.59. The van der Waals surface area contributed by atoms with Crippen LogP contribution in [0.2, 0.25) is 0 Å². The van der Waals surface area contributed by atoms with Crippen molar-refractivity contribution in [3.63, 3.8) is 0 Å². The number of benzene rings is 1. The Hall–Kier alpha value is -3.31. The number of aromatic nitrogens is 3. The van der Waals surface area contributed by atoms with Crippen LogP contribution in [0.15, 0.2) is 48.7 Å². The van der Waals surface area contributed by atoms with Gasteiger partial charge in [-0.05, 0) is 49.4 Å². The van der Waals surface area contributed by atoms with Crippen LogP contribution in [0.3, 0.4) is 0 Å². The number of imidazole rings is 1. The molecule has 1 amide bonds. The Morgan fingerprint density at radius 2 is 2.10 bits per heavy atom. The van der Waals surface area contributed by atoms with Gasteiger partial charge in [-0.1, -0.05) is 18.2 Å². The molecule has 3 unspecified atom stereocenters. The monoisotopic (exact) mass is 573 g/mol. The third-order valence-electron chi connectivity index (χ3n) is 8.43. The van der Waals surface area contributed by atoms with Crippen molar-refractivity contribution in [1.82, 2.24) is 24.8 Å². The number of carbonyl (C=O) groups is 1. The predicted octanol–water partition coefficient (Wildman–Crippen LogP) is 5.08. The summed E-state index contributed by atoms with van der Waals surface area (Å²) in [7, 11) is 1.63. The second-order valence-corrected chi connectivity index (χ2v) is 12.2. The number of ether oxygens (including phenoxy) is 3. The number of thiophene rings is 1. The number of hydrogen-bond acceptors (Lipinski definition) is 8. The highest BCUT2D eigenvalue weighted by Crippen LogP contribution is 2.36. The summed E-state index contributed by atoms with van der Waals surface area (Å²) in [6.07, 6.45) is 5.12. The molecule has 6 heterocycles. The van der Waals surface area contributed by atoms with E-state index in [4.69, 9.17) is 24.2 Å². The van der Waals surface area contributed by atoms with Gasteiger partial charge in [0.1, 0.15) is 11.9 Å². The Bertz CT molecular complexity index is 1520. The molecule has 7 rings (SSSR count). The van der Waals surface area contributed by atoms with Gasteiger partial charge < -0.3 is 24.1 Å². The van der Waals surface area contributed by atoms with E-state index in [1.165, 1.54) is 0 Å². The zero-order valence-electron chi connectivity index (χ0n) is 23.3. The highest BCUT2D eigenvalue weighted by atomic mass is 32.1. The molecule has 214 valence electrons. The number of piperazine rings is 1. The number of hydrogen-bond donors (Lipinski definition) is 1. The van der Waals surface area contributed by atoms with Gasteiger partial charge in [-0.15, -0.1) is 11.3 Å². The van der Waals surface area contributed by atoms with Crippen LogP contribution in [0, 0.1) is 5.92 Å². The van der Waals surface area contributed by atoms with Crippen molar-refractivity contribution in [2.75, 3.05) is 53.1 Å². The summed E-state index contributed by atoms with van der Waals surface area (Å²) in [5.41, 5.74) is 2.54. The molecule has 0 radical (unpaired) electrons. The van der Waals surface area contributed by atoms with Crippen LogP contribution in [0.5, 0.6) is 5.88 Å². The Kier molecular flexibility index (Phi) is 7.47. The Labute approximate surface area is 243 Å². The first kappa shape index (κ1) is 26.6. The standard InChI is InChI=1S/C31H35N5O4S/c1-38-30-22(15-21-5-2-3-6-23(21)34-30)24-16-32-29(33-24)25-18-35(17-20-10-14-39-19-20)11-12-36(25)31(37)28-9-8-27(41-28)26-7-4-13-40-26/h2-3,5-6,8-9,15-16,20,25-26H,4,7,10-14,17-19H2,1H3,(H,32,33). The largest absolute Gasteiger partial charge is 0.480 e. The molecule has 0 spiro atoms. The first-order valence-electron chi connectivity index (χ1n) is 14.5. The lowest BCUT2D eigenvalue weighted by Crippen LogP contribution is -2.51. The summed E-state index contributed by atoms with van der Waals surface area (Å²) in [5.74, 6) is 1.89. The Balaban J connectivity index is 1.19. The van der Waals surface area contributed by atoms with Crippen LogP contribution in [-0.2, 0) is 9.47 Å². The van der Waals surface area contributed by atoms with Crippen LogP contribution in [-0.4, -0.2) is 83.8 Å². The Morgan fingerprint density at radius 1 is 1.17 bits per heavy atom. The lowest BCUT2D eigenvalue weighted by Gasteiger charge is -2.41. The fraction of sp³-hybridized carbons (Fsp3) is 0.452. The molecule has 0 aliphatic carbocycles. The summed E-state index contributed by atoms with van der Waals surface area (Å²) in [6, 6.07) is 13.9. The van der Waals surface area contributed by atoms with E-state index >= 15 is 0 Å². The lowest BCUT2D eigenvalue weighted by molar-refractivity contribution is 0.0397. The second-order valence-electron chi connectivity index (χ2n) is 11.1. The zero-order chi connectivity index (χ0) is 27.8. The number of nitrogens with one attached hydrogen (secondary N) is 1. The quantitative estimate of drug-likeness (QED) is 0.330. The molecule has 3 saturated heterocycles. The normalized spacial score (nSPS) is 23.4. The second kappa shape index (κ2) is 11.5. The minimum Gasteiger partial charge on any atom is -0.480 e. The number of para-hydroxylation sites is 1. The highest BCUT2D eigenvalue weighted by molar-refractivity contribution is 7.14. The first-order valence-corrected chi connectivity index (χ1v) is 15.3. The van der Waals surface area contributed by atoms with E-state index in [1.807, 2.05) is 41.4 Å². The zero-order valence-corrected chi connectivity index (χ0v) is 24.1. The van der Waals surface area contributed by atoms with Gasteiger partial charge in [0, 0.05) is 49.7 Å². The topological polar surface area (TPSA) is 92.8 Å². The molecule has 41 heavy (non-hydrogen) atoms. The molecule has 9 nitrogen and oxygen atoms in total. The maximum atomic E-state index is 14.0. The maximum absolute atomic E-state index is 14.0. The molecule has 3 atom stereocenters. The van der Waals surface area contributed by atoms with E-state index in [2.05, 4.69) is 22.0 Å². The number of pyridine rings is 1. The highest BCUT2D eigenvalue weighted by Gasteiger charge is 2.36. The molecule has 1 aromatic carbocycles. The molecular formula is C31H35N5O4S. The predicted molar refractivity (Wildman–Crippen MR) is 157 cm³/mol. The average Bonchev–Trinajstić information content (AvgIpc) is 3.83. The molecule has 3 fully saturated rings. The van der Waals surface area contributed by atoms with Gasteiger partial charge in [-0.25, -0.2) is 9.97 Å². The van der Waals surface area contributed by atoms with E-state index in [0.717, 1.165) is 89.9 Å². The third-order valence-corrected chi connectivity index (χ3v) is 9.60. The van der Waals surface area contributed by atoms with E-state index in [-0.39, 0.29) is 18.1 Å². The van der Waals surface area contributed by atoms with Crippen LogP contribution in [0.4, 0.5) is 0 Å². The van der Waals surface area contributed by atoms with Crippen molar-refractivity contribution in [2.45, 2.75) is 31.4 Å². The summed E-state index contributed by atoms with van der Waals surface area (Å²) in [5, 5.41) is 1.03. The number of fused-ring (bicyclic) bond motifs is 1. The molecule has 3 aromatic heterocycles. The molecule has 0 saturated carbocycles. The van der Waals surface area contributed by atoms with Crippen LogP contribution in [0.25, 0.3) is 22.2 Å². The lowest BCUT2D eigenvalue weighted by atomic mass is 10.1. The summed E-state index contributed by atoms with van der Waals surface area (Å²) < 4.78 is 17.2. The van der Waals surface area contributed by atoms with Gasteiger partial charge in [-0.3, -0.25) is 9.69 Å². The third kappa shape index (κ3) is 5.37. The van der Waals surface area contributed by atoms with Gasteiger partial charge in [0.2, 0.25) is 5.88 Å². The Morgan fingerprint density at radius 3 is 2.93 bits per heavy atom. The van der Waals surface area contributed by atoms with Gasteiger partial charge >= 0.3 is 0 Å². The number of H-pyrrole nitrogens is 1.